The second-order valence-electron chi connectivity index (χ2n) is 3.97. The van der Waals surface area contributed by atoms with Gasteiger partial charge < -0.3 is 11.1 Å². The molecule has 0 aliphatic rings. The summed E-state index contributed by atoms with van der Waals surface area (Å²) in [5, 5.41) is 3.37. The smallest absolute Gasteiger partial charge is 0.107 e. The van der Waals surface area contributed by atoms with Crippen LogP contribution in [0.1, 0.15) is 11.1 Å². The van der Waals surface area contributed by atoms with Gasteiger partial charge in [0.1, 0.15) is 4.99 Å². The van der Waals surface area contributed by atoms with E-state index in [4.69, 9.17) is 18.0 Å². The Hall–Kier alpha value is -0.910. The number of hydrogen-bond donors (Lipinski definition) is 2. The molecule has 19 heavy (non-hydrogen) atoms. The Morgan fingerprint density at radius 1 is 1.05 bits per heavy atom. The lowest BCUT2D eigenvalue weighted by molar-refractivity contribution is 1.13. The van der Waals surface area contributed by atoms with Crippen LogP contribution in [0.2, 0.25) is 0 Å². The van der Waals surface area contributed by atoms with Crippen LogP contribution in [0.3, 0.4) is 0 Å². The molecule has 3 N–H and O–H groups in total. The number of benzene rings is 2. The van der Waals surface area contributed by atoms with E-state index in [0.717, 1.165) is 20.2 Å². The molecule has 2 aromatic rings. The lowest BCUT2D eigenvalue weighted by Crippen LogP contribution is -2.14. The molecule has 2 nitrogen and oxygen atoms in total. The van der Waals surface area contributed by atoms with Gasteiger partial charge in [0.25, 0.3) is 0 Å². The highest BCUT2D eigenvalue weighted by Gasteiger charge is 2.09. The van der Waals surface area contributed by atoms with Crippen LogP contribution in [0.15, 0.2) is 51.4 Å². The van der Waals surface area contributed by atoms with Crippen LogP contribution >= 0.6 is 44.1 Å². The van der Waals surface area contributed by atoms with E-state index < -0.39 is 0 Å². The van der Waals surface area contributed by atoms with Crippen LogP contribution < -0.4 is 11.1 Å². The maximum Gasteiger partial charge on any atom is 0.107 e. The summed E-state index contributed by atoms with van der Waals surface area (Å²) < 4.78 is 1.98. The Balaban J connectivity index is 2.23. The Morgan fingerprint density at radius 2 is 1.74 bits per heavy atom. The molecule has 0 saturated carbocycles. The molecule has 2 rings (SSSR count). The van der Waals surface area contributed by atoms with E-state index >= 15 is 0 Å². The van der Waals surface area contributed by atoms with E-state index in [1.807, 2.05) is 36.4 Å². The van der Waals surface area contributed by atoms with Gasteiger partial charge in [0.05, 0.1) is 0 Å². The third-order valence-electron chi connectivity index (χ3n) is 2.69. The minimum Gasteiger partial charge on any atom is -0.389 e. The molecular weight excluding hydrogens is 388 g/mol. The number of nitrogens with two attached hydrogens (primary N) is 1. The number of halogens is 2. The molecule has 2 aromatic carbocycles. The summed E-state index contributed by atoms with van der Waals surface area (Å²) in [6, 6.07) is 13.9. The number of thiocarbonyl (C=S) groups is 1. The molecule has 0 unspecified atom stereocenters. The Kier molecular flexibility index (Phi) is 4.96. The highest BCUT2D eigenvalue weighted by atomic mass is 79.9. The van der Waals surface area contributed by atoms with Gasteiger partial charge in [-0.3, -0.25) is 0 Å². The van der Waals surface area contributed by atoms with E-state index in [-0.39, 0.29) is 0 Å². The molecule has 0 bridgehead atoms. The molecule has 0 aliphatic carbocycles. The van der Waals surface area contributed by atoms with Gasteiger partial charge in [0.2, 0.25) is 0 Å². The van der Waals surface area contributed by atoms with Crippen molar-refractivity contribution in [2.24, 2.45) is 5.73 Å². The maximum absolute atomic E-state index is 5.77. The lowest BCUT2D eigenvalue weighted by atomic mass is 10.1. The summed E-state index contributed by atoms with van der Waals surface area (Å²) in [6.45, 7) is 0.702. The van der Waals surface area contributed by atoms with Crippen LogP contribution in [-0.2, 0) is 6.54 Å². The van der Waals surface area contributed by atoms with Crippen LogP contribution in [-0.4, -0.2) is 4.99 Å². The summed E-state index contributed by atoms with van der Waals surface area (Å²) >= 11 is 12.1. The lowest BCUT2D eigenvalue weighted by Gasteiger charge is -2.13. The first-order valence-electron chi connectivity index (χ1n) is 5.65. The van der Waals surface area contributed by atoms with Gasteiger partial charge >= 0.3 is 0 Å². The van der Waals surface area contributed by atoms with Crippen molar-refractivity contribution in [3.05, 3.63) is 62.5 Å². The van der Waals surface area contributed by atoms with Gasteiger partial charge in [0.15, 0.2) is 0 Å². The van der Waals surface area contributed by atoms with Gasteiger partial charge in [-0.05, 0) is 39.7 Å². The fourth-order valence-corrected chi connectivity index (χ4v) is 3.11. The third-order valence-corrected chi connectivity index (χ3v) is 4.33. The van der Waals surface area contributed by atoms with Crippen LogP contribution in [0.25, 0.3) is 0 Å². The van der Waals surface area contributed by atoms with Crippen LogP contribution in [0.5, 0.6) is 0 Å². The highest BCUT2D eigenvalue weighted by Crippen LogP contribution is 2.26. The van der Waals surface area contributed by atoms with E-state index in [1.54, 1.807) is 0 Å². The molecule has 0 aliphatic heterocycles. The molecule has 0 atom stereocenters. The summed E-state index contributed by atoms with van der Waals surface area (Å²) in [7, 11) is 0. The highest BCUT2D eigenvalue weighted by molar-refractivity contribution is 9.10. The van der Waals surface area contributed by atoms with E-state index in [1.165, 1.54) is 5.56 Å². The van der Waals surface area contributed by atoms with Crippen LogP contribution in [0.4, 0.5) is 5.69 Å². The average Bonchev–Trinajstić information content (AvgIpc) is 2.37. The van der Waals surface area contributed by atoms with Gasteiger partial charge in [-0.15, -0.1) is 0 Å². The van der Waals surface area contributed by atoms with E-state index in [2.05, 4.69) is 43.2 Å². The summed E-state index contributed by atoms with van der Waals surface area (Å²) in [5.74, 6) is 0. The van der Waals surface area contributed by atoms with Gasteiger partial charge in [-0.1, -0.05) is 52.4 Å². The van der Waals surface area contributed by atoms with Gasteiger partial charge in [-0.2, -0.15) is 0 Å². The molecule has 5 heteroatoms. The van der Waals surface area contributed by atoms with Crippen molar-refractivity contribution in [1.82, 2.24) is 0 Å². The predicted molar refractivity (Wildman–Crippen MR) is 91.5 cm³/mol. The first-order chi connectivity index (χ1) is 9.09. The Morgan fingerprint density at radius 3 is 2.42 bits per heavy atom. The normalized spacial score (nSPS) is 10.2. The first kappa shape index (κ1) is 14.5. The molecule has 0 amide bonds. The molecule has 0 heterocycles. The van der Waals surface area contributed by atoms with Gasteiger partial charge in [-0.25, -0.2) is 0 Å². The third kappa shape index (κ3) is 3.55. The number of nitrogens with one attached hydrogen (secondary N) is 1. The molecule has 0 aromatic heterocycles. The van der Waals surface area contributed by atoms with Crippen molar-refractivity contribution >= 4 is 54.8 Å². The first-order valence-corrected chi connectivity index (χ1v) is 7.64. The zero-order valence-corrected chi connectivity index (χ0v) is 14.0. The van der Waals surface area contributed by atoms with Crippen molar-refractivity contribution in [2.75, 3.05) is 5.32 Å². The largest absolute Gasteiger partial charge is 0.389 e. The number of anilines is 1. The predicted octanol–water partition coefficient (Wildman–Crippen LogP) is 4.46. The fraction of sp³-hybridized carbons (Fsp3) is 0.0714. The molecule has 98 valence electrons. The summed E-state index contributed by atoms with van der Waals surface area (Å²) in [6.07, 6.45) is 0. The molecule has 0 saturated heterocycles. The Bertz CT molecular complexity index is 614. The van der Waals surface area contributed by atoms with Gasteiger partial charge in [0, 0.05) is 26.7 Å². The van der Waals surface area contributed by atoms with Crippen LogP contribution in [0, 0.1) is 0 Å². The second kappa shape index (κ2) is 6.50. The van der Waals surface area contributed by atoms with Crippen molar-refractivity contribution in [2.45, 2.75) is 6.54 Å². The molecular formula is C14H12Br2N2S. The maximum atomic E-state index is 5.77. The molecule has 0 fully saturated rings. The fourth-order valence-electron chi connectivity index (χ4n) is 1.75. The number of hydrogen-bond acceptors (Lipinski definition) is 2. The van der Waals surface area contributed by atoms with Crippen molar-refractivity contribution in [3.63, 3.8) is 0 Å². The summed E-state index contributed by atoms with van der Waals surface area (Å²) in [5.41, 5.74) is 8.71. The van der Waals surface area contributed by atoms with E-state index in [0.29, 0.717) is 11.5 Å². The van der Waals surface area contributed by atoms with E-state index in [9.17, 15) is 0 Å². The quantitative estimate of drug-likeness (QED) is 0.745. The second-order valence-corrected chi connectivity index (χ2v) is 6.12. The topological polar surface area (TPSA) is 38.0 Å². The van der Waals surface area contributed by atoms with Crippen molar-refractivity contribution in [3.8, 4) is 0 Å². The monoisotopic (exact) mass is 398 g/mol. The zero-order valence-electron chi connectivity index (χ0n) is 9.99. The minimum atomic E-state index is 0.377. The SMILES string of the molecule is NC(=S)c1c(Br)cccc1NCc1ccccc1Br. The molecule has 0 spiro atoms. The minimum absolute atomic E-state index is 0.377. The zero-order chi connectivity index (χ0) is 13.8. The average molecular weight is 400 g/mol. The number of rotatable bonds is 4. The molecule has 0 radical (unpaired) electrons. The Labute approximate surface area is 134 Å². The van der Waals surface area contributed by atoms with Crippen molar-refractivity contribution in [1.29, 1.82) is 0 Å². The standard InChI is InChI=1S/C14H12Br2N2S/c15-10-5-2-1-4-9(10)8-18-12-7-3-6-11(16)13(12)14(17)19/h1-7,18H,8H2,(H2,17,19). The van der Waals surface area contributed by atoms with Crippen molar-refractivity contribution < 1.29 is 0 Å². The summed E-state index contributed by atoms with van der Waals surface area (Å²) in [4.78, 5) is 0.377.